The molecular formula is C17H15N5O2. The van der Waals surface area contributed by atoms with E-state index in [9.17, 15) is 0 Å². The standard InChI is InChI=1S/C17H15N5O2/c1-23-16-9-14(10-18)7-8-15(16)24-12-17-19-20-21-22(17)11-13-5-3-2-4-6-13/h2-9H,11-12H2,1H3. The number of ether oxygens (including phenoxy) is 2. The molecule has 7 nitrogen and oxygen atoms in total. The highest BCUT2D eigenvalue weighted by Gasteiger charge is 2.10. The van der Waals surface area contributed by atoms with E-state index in [-0.39, 0.29) is 6.61 Å². The second-order valence-electron chi connectivity index (χ2n) is 5.00. The van der Waals surface area contributed by atoms with E-state index in [4.69, 9.17) is 14.7 Å². The van der Waals surface area contributed by atoms with Gasteiger partial charge >= 0.3 is 0 Å². The van der Waals surface area contributed by atoms with Crippen molar-refractivity contribution in [3.05, 3.63) is 65.5 Å². The van der Waals surface area contributed by atoms with Gasteiger partial charge in [0, 0.05) is 6.07 Å². The minimum Gasteiger partial charge on any atom is -0.493 e. The fourth-order valence-electron chi connectivity index (χ4n) is 2.20. The van der Waals surface area contributed by atoms with Crippen molar-refractivity contribution < 1.29 is 9.47 Å². The first-order valence-corrected chi connectivity index (χ1v) is 7.30. The molecule has 0 aliphatic heterocycles. The molecule has 2 aromatic carbocycles. The summed E-state index contributed by atoms with van der Waals surface area (Å²) in [6.07, 6.45) is 0. The Hall–Kier alpha value is -3.40. The molecule has 1 aromatic heterocycles. The van der Waals surface area contributed by atoms with Gasteiger partial charge in [-0.2, -0.15) is 5.26 Å². The molecule has 0 amide bonds. The molecule has 0 spiro atoms. The number of nitrogens with zero attached hydrogens (tertiary/aromatic N) is 5. The maximum atomic E-state index is 8.93. The van der Waals surface area contributed by atoms with Crippen LogP contribution in [-0.4, -0.2) is 27.3 Å². The Labute approximate surface area is 139 Å². The smallest absolute Gasteiger partial charge is 0.189 e. The van der Waals surface area contributed by atoms with Gasteiger partial charge in [0.25, 0.3) is 0 Å². The van der Waals surface area contributed by atoms with Crippen molar-refractivity contribution in [2.75, 3.05) is 7.11 Å². The summed E-state index contributed by atoms with van der Waals surface area (Å²) in [5, 5.41) is 20.6. The normalized spacial score (nSPS) is 10.2. The number of methoxy groups -OCH3 is 1. The maximum Gasteiger partial charge on any atom is 0.189 e. The van der Waals surface area contributed by atoms with E-state index >= 15 is 0 Å². The SMILES string of the molecule is COc1cc(C#N)ccc1OCc1nnnn1Cc1ccccc1. The molecule has 0 N–H and O–H groups in total. The highest BCUT2D eigenvalue weighted by Crippen LogP contribution is 2.28. The van der Waals surface area contributed by atoms with Crippen LogP contribution in [-0.2, 0) is 13.2 Å². The van der Waals surface area contributed by atoms with Gasteiger partial charge in [0.2, 0.25) is 0 Å². The van der Waals surface area contributed by atoms with E-state index in [2.05, 4.69) is 21.6 Å². The third kappa shape index (κ3) is 3.50. The molecule has 0 atom stereocenters. The predicted molar refractivity (Wildman–Crippen MR) is 85.4 cm³/mol. The predicted octanol–water partition coefficient (Wildman–Crippen LogP) is 2.18. The summed E-state index contributed by atoms with van der Waals surface area (Å²) in [4.78, 5) is 0. The van der Waals surface area contributed by atoms with Crippen LogP contribution in [0.25, 0.3) is 0 Å². The van der Waals surface area contributed by atoms with Crippen molar-refractivity contribution in [3.63, 3.8) is 0 Å². The van der Waals surface area contributed by atoms with Crippen LogP contribution >= 0.6 is 0 Å². The molecular weight excluding hydrogens is 306 g/mol. The van der Waals surface area contributed by atoms with Crippen LogP contribution in [0.3, 0.4) is 0 Å². The number of rotatable bonds is 6. The third-order valence-electron chi connectivity index (χ3n) is 3.43. The largest absolute Gasteiger partial charge is 0.493 e. The molecule has 0 unspecified atom stereocenters. The second kappa shape index (κ2) is 7.24. The van der Waals surface area contributed by atoms with Gasteiger partial charge in [-0.15, -0.1) is 5.10 Å². The van der Waals surface area contributed by atoms with Gasteiger partial charge in [-0.1, -0.05) is 30.3 Å². The quantitative estimate of drug-likeness (QED) is 0.691. The fraction of sp³-hybridized carbons (Fsp3) is 0.176. The van der Waals surface area contributed by atoms with Gasteiger partial charge in [0.1, 0.15) is 6.61 Å². The van der Waals surface area contributed by atoms with Crippen LogP contribution in [0.15, 0.2) is 48.5 Å². The summed E-state index contributed by atoms with van der Waals surface area (Å²) in [6, 6.07) is 17.0. The van der Waals surface area contributed by atoms with Crippen LogP contribution in [0.4, 0.5) is 0 Å². The molecule has 3 rings (SSSR count). The first-order valence-electron chi connectivity index (χ1n) is 7.30. The molecule has 120 valence electrons. The second-order valence-corrected chi connectivity index (χ2v) is 5.00. The molecule has 1 heterocycles. The molecule has 0 aliphatic rings. The Kier molecular flexibility index (Phi) is 4.68. The van der Waals surface area contributed by atoms with Gasteiger partial charge in [0.05, 0.1) is 25.3 Å². The van der Waals surface area contributed by atoms with Gasteiger partial charge < -0.3 is 9.47 Å². The summed E-state index contributed by atoms with van der Waals surface area (Å²) in [5.41, 5.74) is 1.61. The lowest BCUT2D eigenvalue weighted by atomic mass is 10.2. The number of nitriles is 1. The van der Waals surface area contributed by atoms with E-state index < -0.39 is 0 Å². The zero-order valence-corrected chi connectivity index (χ0v) is 13.1. The number of hydrogen-bond donors (Lipinski definition) is 0. The summed E-state index contributed by atoms with van der Waals surface area (Å²) in [7, 11) is 1.53. The monoisotopic (exact) mass is 321 g/mol. The van der Waals surface area contributed by atoms with E-state index in [0.717, 1.165) is 5.56 Å². The van der Waals surface area contributed by atoms with Crippen molar-refractivity contribution in [2.24, 2.45) is 0 Å². The van der Waals surface area contributed by atoms with E-state index in [0.29, 0.717) is 29.4 Å². The van der Waals surface area contributed by atoms with Crippen LogP contribution in [0.2, 0.25) is 0 Å². The molecule has 0 fully saturated rings. The Bertz CT molecular complexity index is 855. The Morgan fingerprint density at radius 3 is 2.71 bits per heavy atom. The summed E-state index contributed by atoms with van der Waals surface area (Å²) in [6.45, 7) is 0.763. The summed E-state index contributed by atoms with van der Waals surface area (Å²) < 4.78 is 12.7. The van der Waals surface area contributed by atoms with Crippen LogP contribution < -0.4 is 9.47 Å². The fourth-order valence-corrected chi connectivity index (χ4v) is 2.20. The van der Waals surface area contributed by atoms with Gasteiger partial charge in [-0.25, -0.2) is 4.68 Å². The zero-order chi connectivity index (χ0) is 16.8. The zero-order valence-electron chi connectivity index (χ0n) is 13.1. The average Bonchev–Trinajstić information content (AvgIpc) is 3.07. The van der Waals surface area contributed by atoms with Gasteiger partial charge in [-0.3, -0.25) is 0 Å². The topological polar surface area (TPSA) is 85.8 Å². The molecule has 0 saturated heterocycles. The van der Waals surface area contributed by atoms with E-state index in [1.54, 1.807) is 22.9 Å². The number of tetrazole rings is 1. The Morgan fingerprint density at radius 2 is 1.96 bits per heavy atom. The van der Waals surface area contributed by atoms with Gasteiger partial charge in [-0.05, 0) is 28.1 Å². The van der Waals surface area contributed by atoms with Crippen molar-refractivity contribution in [1.82, 2.24) is 20.2 Å². The molecule has 0 bridgehead atoms. The lowest BCUT2D eigenvalue weighted by Crippen LogP contribution is -2.10. The lowest BCUT2D eigenvalue weighted by molar-refractivity contribution is 0.270. The van der Waals surface area contributed by atoms with E-state index in [1.165, 1.54) is 7.11 Å². The lowest BCUT2D eigenvalue weighted by Gasteiger charge is -2.10. The molecule has 3 aromatic rings. The molecule has 7 heteroatoms. The first kappa shape index (κ1) is 15.5. The number of aromatic nitrogens is 4. The van der Waals surface area contributed by atoms with E-state index in [1.807, 2.05) is 30.3 Å². The summed E-state index contributed by atoms with van der Waals surface area (Å²) in [5.74, 6) is 1.63. The first-order chi connectivity index (χ1) is 11.8. The Balaban J connectivity index is 1.72. The maximum absolute atomic E-state index is 8.93. The van der Waals surface area contributed by atoms with Crippen molar-refractivity contribution >= 4 is 0 Å². The molecule has 0 saturated carbocycles. The van der Waals surface area contributed by atoms with Crippen molar-refractivity contribution in [2.45, 2.75) is 13.2 Å². The third-order valence-corrected chi connectivity index (χ3v) is 3.43. The van der Waals surface area contributed by atoms with Crippen LogP contribution in [0, 0.1) is 11.3 Å². The Morgan fingerprint density at radius 1 is 1.12 bits per heavy atom. The minimum absolute atomic E-state index is 0.197. The van der Waals surface area contributed by atoms with Crippen LogP contribution in [0.1, 0.15) is 17.0 Å². The highest BCUT2D eigenvalue weighted by molar-refractivity contribution is 5.46. The minimum atomic E-state index is 0.197. The van der Waals surface area contributed by atoms with Crippen molar-refractivity contribution in [1.29, 1.82) is 5.26 Å². The van der Waals surface area contributed by atoms with Gasteiger partial charge in [0.15, 0.2) is 17.3 Å². The number of hydrogen-bond acceptors (Lipinski definition) is 6. The molecule has 0 radical (unpaired) electrons. The molecule has 24 heavy (non-hydrogen) atoms. The average molecular weight is 321 g/mol. The van der Waals surface area contributed by atoms with Crippen molar-refractivity contribution in [3.8, 4) is 17.6 Å². The molecule has 0 aliphatic carbocycles. The highest BCUT2D eigenvalue weighted by atomic mass is 16.5. The number of benzene rings is 2. The summed E-state index contributed by atoms with van der Waals surface area (Å²) >= 11 is 0. The van der Waals surface area contributed by atoms with Crippen LogP contribution in [0.5, 0.6) is 11.5 Å².